The first-order chi connectivity index (χ1) is 24.4. The van der Waals surface area contributed by atoms with Crippen molar-refractivity contribution in [3.05, 3.63) is 58.7 Å². The molecule has 53 heavy (non-hydrogen) atoms. The van der Waals surface area contributed by atoms with E-state index in [-0.39, 0.29) is 11.9 Å². The summed E-state index contributed by atoms with van der Waals surface area (Å²) in [7, 11) is 0. The minimum Gasteiger partial charge on any atom is -0.460 e. The molecule has 5 rings (SSSR count). The van der Waals surface area contributed by atoms with Gasteiger partial charge in [0.15, 0.2) is 0 Å². The molecular formula is C45H62O8. The number of hydrogen-bond acceptors (Lipinski definition) is 8. The van der Waals surface area contributed by atoms with Gasteiger partial charge in [-0.2, -0.15) is 0 Å². The third-order valence-corrected chi connectivity index (χ3v) is 10.8. The molecule has 2 aromatic rings. The zero-order chi connectivity index (χ0) is 39.4. The first-order valence-corrected chi connectivity index (χ1v) is 19.6. The van der Waals surface area contributed by atoms with Gasteiger partial charge in [0.05, 0.1) is 27.4 Å². The molecule has 0 amide bonds. The van der Waals surface area contributed by atoms with Crippen molar-refractivity contribution in [2.45, 2.75) is 175 Å². The van der Waals surface area contributed by atoms with Gasteiger partial charge in [0, 0.05) is 0 Å². The maximum atomic E-state index is 15.5. The summed E-state index contributed by atoms with van der Waals surface area (Å²) in [5, 5.41) is 0. The van der Waals surface area contributed by atoms with Crippen molar-refractivity contribution in [2.24, 2.45) is 10.8 Å². The Balaban J connectivity index is 2.00. The summed E-state index contributed by atoms with van der Waals surface area (Å²) in [6, 6.07) is 11.1. The molecule has 2 saturated carbocycles. The van der Waals surface area contributed by atoms with E-state index in [1.54, 1.807) is 12.1 Å². The number of fused-ring (bicyclic) bond motifs is 3. The maximum Gasteiger partial charge on any atom is 0.338 e. The van der Waals surface area contributed by atoms with E-state index in [1.165, 1.54) is 0 Å². The molecule has 0 bridgehead atoms. The van der Waals surface area contributed by atoms with E-state index in [4.69, 9.17) is 18.9 Å². The summed E-state index contributed by atoms with van der Waals surface area (Å²) in [4.78, 5) is 58.8. The van der Waals surface area contributed by atoms with Gasteiger partial charge in [-0.1, -0.05) is 50.7 Å². The van der Waals surface area contributed by atoms with Crippen LogP contribution in [0.2, 0.25) is 0 Å². The molecule has 0 aliphatic heterocycles. The molecule has 3 aliphatic carbocycles. The van der Waals surface area contributed by atoms with Crippen LogP contribution >= 0.6 is 0 Å². The molecular weight excluding hydrogens is 668 g/mol. The Morgan fingerprint density at radius 1 is 0.453 bits per heavy atom. The number of benzene rings is 2. The van der Waals surface area contributed by atoms with Gasteiger partial charge >= 0.3 is 23.9 Å². The Morgan fingerprint density at radius 3 is 1.04 bits per heavy atom. The van der Waals surface area contributed by atoms with E-state index in [9.17, 15) is 9.59 Å². The van der Waals surface area contributed by atoms with Gasteiger partial charge < -0.3 is 18.9 Å². The third-order valence-electron chi connectivity index (χ3n) is 10.8. The lowest BCUT2D eigenvalue weighted by Gasteiger charge is -2.60. The zero-order valence-electron chi connectivity index (χ0n) is 34.3. The van der Waals surface area contributed by atoms with Crippen molar-refractivity contribution < 1.29 is 38.1 Å². The lowest BCUT2D eigenvalue weighted by Crippen LogP contribution is -2.65. The minimum atomic E-state index is -1.38. The van der Waals surface area contributed by atoms with Crippen molar-refractivity contribution >= 4 is 23.9 Å². The molecule has 2 aromatic carbocycles. The lowest BCUT2D eigenvalue weighted by molar-refractivity contribution is -0.193. The fourth-order valence-electron chi connectivity index (χ4n) is 9.27. The highest BCUT2D eigenvalue weighted by atomic mass is 16.6. The lowest BCUT2D eigenvalue weighted by atomic mass is 9.41. The smallest absolute Gasteiger partial charge is 0.338 e. The van der Waals surface area contributed by atoms with Gasteiger partial charge in [-0.15, -0.1) is 0 Å². The monoisotopic (exact) mass is 730 g/mol. The molecule has 0 unspecified atom stereocenters. The summed E-state index contributed by atoms with van der Waals surface area (Å²) in [6.07, 6.45) is 6.66. The Labute approximate surface area is 317 Å². The number of ether oxygens (including phenoxy) is 4. The summed E-state index contributed by atoms with van der Waals surface area (Å²) < 4.78 is 24.8. The third kappa shape index (κ3) is 7.66. The molecule has 290 valence electrons. The molecule has 8 heteroatoms. The predicted octanol–water partition coefficient (Wildman–Crippen LogP) is 10.4. The molecule has 8 nitrogen and oxygen atoms in total. The standard InChI is InChI=1S/C45H62O8/c1-39(2,3)50-35(46)29-19-21-31-32-22-20-30(36(47)51-40(4,5)6)28-34(32)45(33(31)27-29,43(23-15-13-16-24-43)37(48)52-41(7,8)9)44(25-17-14-18-26-44)38(49)53-42(10,11)12/h19-22,27-28H,13-18,23-26H2,1-12H3. The Bertz CT molecular complexity index is 1610. The van der Waals surface area contributed by atoms with Gasteiger partial charge in [-0.25, -0.2) is 9.59 Å². The van der Waals surface area contributed by atoms with Crippen LogP contribution in [0.4, 0.5) is 0 Å². The first kappa shape index (κ1) is 40.5. The van der Waals surface area contributed by atoms with Gasteiger partial charge in [-0.05, 0) is 155 Å². The van der Waals surface area contributed by atoms with Crippen LogP contribution in [0.5, 0.6) is 0 Å². The van der Waals surface area contributed by atoms with Crippen LogP contribution < -0.4 is 0 Å². The van der Waals surface area contributed by atoms with Crippen molar-refractivity contribution in [3.63, 3.8) is 0 Å². The molecule has 2 fully saturated rings. The van der Waals surface area contributed by atoms with Crippen LogP contribution in [0.1, 0.15) is 179 Å². The van der Waals surface area contributed by atoms with Crippen LogP contribution in [0.3, 0.4) is 0 Å². The molecule has 0 N–H and O–H groups in total. The number of carbonyl (C=O) groups excluding carboxylic acids is 4. The fourth-order valence-corrected chi connectivity index (χ4v) is 9.27. The van der Waals surface area contributed by atoms with Crippen molar-refractivity contribution in [1.29, 1.82) is 0 Å². The van der Waals surface area contributed by atoms with E-state index in [1.807, 2.05) is 107 Å². The van der Waals surface area contributed by atoms with Crippen molar-refractivity contribution in [1.82, 2.24) is 0 Å². The van der Waals surface area contributed by atoms with Crippen LogP contribution in [0, 0.1) is 10.8 Å². The highest BCUT2D eigenvalue weighted by Crippen LogP contribution is 2.72. The summed E-state index contributed by atoms with van der Waals surface area (Å²) in [5.74, 6) is -1.74. The summed E-state index contributed by atoms with van der Waals surface area (Å²) >= 11 is 0. The molecule has 0 heterocycles. The van der Waals surface area contributed by atoms with Crippen LogP contribution in [0.15, 0.2) is 36.4 Å². The maximum absolute atomic E-state index is 15.5. The summed E-state index contributed by atoms with van der Waals surface area (Å²) in [5.41, 5.74) is -3.36. The Morgan fingerprint density at radius 2 is 0.755 bits per heavy atom. The van der Waals surface area contributed by atoms with E-state index in [0.717, 1.165) is 49.7 Å². The quantitative estimate of drug-likeness (QED) is 0.214. The van der Waals surface area contributed by atoms with Gasteiger partial charge in [-0.3, -0.25) is 9.59 Å². The molecule has 0 atom stereocenters. The highest BCUT2D eigenvalue weighted by molar-refractivity contribution is 5.99. The topological polar surface area (TPSA) is 105 Å². The first-order valence-electron chi connectivity index (χ1n) is 19.6. The molecule has 0 radical (unpaired) electrons. The van der Waals surface area contributed by atoms with Crippen LogP contribution in [-0.4, -0.2) is 46.3 Å². The second-order valence-corrected chi connectivity index (χ2v) is 19.6. The van der Waals surface area contributed by atoms with Crippen molar-refractivity contribution in [2.75, 3.05) is 0 Å². The fraction of sp³-hybridized carbons (Fsp3) is 0.644. The van der Waals surface area contributed by atoms with Crippen LogP contribution in [0.25, 0.3) is 11.1 Å². The zero-order valence-corrected chi connectivity index (χ0v) is 34.3. The van der Waals surface area contributed by atoms with Gasteiger partial charge in [0.1, 0.15) is 22.4 Å². The van der Waals surface area contributed by atoms with Crippen molar-refractivity contribution in [3.8, 4) is 11.1 Å². The van der Waals surface area contributed by atoms with Gasteiger partial charge in [0.2, 0.25) is 0 Å². The number of hydrogen-bond donors (Lipinski definition) is 0. The minimum absolute atomic E-state index is 0.327. The normalized spacial score (nSPS) is 19.3. The van der Waals surface area contributed by atoms with Gasteiger partial charge in [0.25, 0.3) is 0 Å². The number of carbonyl (C=O) groups is 4. The number of esters is 4. The molecule has 3 aliphatic rings. The molecule has 0 aromatic heterocycles. The number of rotatable bonds is 6. The molecule has 0 saturated heterocycles. The highest BCUT2D eigenvalue weighted by Gasteiger charge is 2.73. The average molecular weight is 731 g/mol. The average Bonchev–Trinajstić information content (AvgIpc) is 3.32. The van der Waals surface area contributed by atoms with E-state index in [0.29, 0.717) is 47.9 Å². The SMILES string of the molecule is CC(C)(C)OC(=O)c1ccc2c(c1)C(C1(C(=O)OC(C)(C)C)CCCCC1)(C1(C(=O)OC(C)(C)C)CCCCC1)c1cc(C(=O)OC(C)(C)C)ccc1-2. The Kier molecular flexibility index (Phi) is 10.6. The van der Waals surface area contributed by atoms with E-state index in [2.05, 4.69) is 0 Å². The Hall–Kier alpha value is -3.68. The molecule has 0 spiro atoms. The predicted molar refractivity (Wildman–Crippen MR) is 206 cm³/mol. The van der Waals surface area contributed by atoms with Crippen LogP contribution in [-0.2, 0) is 34.0 Å². The van der Waals surface area contributed by atoms with E-state index < -0.39 is 50.6 Å². The summed E-state index contributed by atoms with van der Waals surface area (Å²) in [6.45, 7) is 22.2. The largest absolute Gasteiger partial charge is 0.460 e. The second-order valence-electron chi connectivity index (χ2n) is 19.6. The second kappa shape index (κ2) is 13.9. The van der Waals surface area contributed by atoms with E-state index >= 15 is 9.59 Å².